The molecule has 1 aliphatic rings. The molecule has 2 aromatic rings. The van der Waals surface area contributed by atoms with E-state index in [0.29, 0.717) is 0 Å². The Morgan fingerprint density at radius 3 is 2.95 bits per heavy atom. The first kappa shape index (κ1) is 14.5. The number of carbonyl (C=O) groups is 1. The Morgan fingerprint density at radius 2 is 2.29 bits per heavy atom. The minimum absolute atomic E-state index is 0.0728. The van der Waals surface area contributed by atoms with Gasteiger partial charge >= 0.3 is 0 Å². The third-order valence-corrected chi connectivity index (χ3v) is 4.65. The van der Waals surface area contributed by atoms with Crippen molar-refractivity contribution in [2.45, 2.75) is 39.7 Å². The summed E-state index contributed by atoms with van der Waals surface area (Å²) in [6.07, 6.45) is 1.74. The van der Waals surface area contributed by atoms with Crippen molar-refractivity contribution in [3.8, 4) is 0 Å². The quantitative estimate of drug-likeness (QED) is 0.917. The second kappa shape index (κ2) is 5.10. The molecule has 1 unspecified atom stereocenters. The molecule has 1 atom stereocenters. The Hall–Kier alpha value is -1.40. The summed E-state index contributed by atoms with van der Waals surface area (Å²) in [6, 6.07) is 1.93. The second-order valence-corrected chi connectivity index (χ2v) is 7.73. The topological polar surface area (TPSA) is 68.0 Å². The molecule has 7 heteroatoms. The van der Waals surface area contributed by atoms with E-state index in [0.717, 1.165) is 41.3 Å². The number of aryl methyl sites for hydroxylation is 1. The lowest BCUT2D eigenvalue weighted by Crippen LogP contribution is -2.36. The zero-order valence-corrected chi connectivity index (χ0v) is 13.6. The van der Waals surface area contributed by atoms with Crippen molar-refractivity contribution in [2.75, 3.05) is 0 Å². The highest BCUT2D eigenvalue weighted by molar-refractivity contribution is 7.17. The maximum absolute atomic E-state index is 12.3. The van der Waals surface area contributed by atoms with E-state index in [-0.39, 0.29) is 26.8 Å². The predicted octanol–water partition coefficient (Wildman–Crippen LogP) is 3.54. The smallest absolute Gasteiger partial charge is 0.282 e. The van der Waals surface area contributed by atoms with E-state index in [2.05, 4.69) is 29.4 Å². The van der Waals surface area contributed by atoms with Gasteiger partial charge in [0.05, 0.1) is 6.04 Å². The Bertz CT molecular complexity index is 692. The number of fused-ring (bicyclic) bond motifs is 1. The zero-order chi connectivity index (χ0) is 15.2. The van der Waals surface area contributed by atoms with Crippen LogP contribution in [0.15, 0.2) is 10.5 Å². The molecule has 0 aromatic carbocycles. The molecule has 2 aromatic heterocycles. The molecule has 0 spiro atoms. The summed E-state index contributed by atoms with van der Waals surface area (Å²) in [6.45, 7) is 6.28. The van der Waals surface area contributed by atoms with Crippen LogP contribution in [-0.2, 0) is 6.42 Å². The van der Waals surface area contributed by atoms with Gasteiger partial charge in [-0.3, -0.25) is 4.79 Å². The maximum Gasteiger partial charge on any atom is 0.282 e. The van der Waals surface area contributed by atoms with Crippen molar-refractivity contribution >= 4 is 28.8 Å². The Labute approximate surface area is 131 Å². The molecule has 0 fully saturated rings. The van der Waals surface area contributed by atoms with Crippen molar-refractivity contribution in [1.82, 2.24) is 15.5 Å². The molecule has 0 aliphatic heterocycles. The summed E-state index contributed by atoms with van der Waals surface area (Å²) in [7, 11) is 0. The summed E-state index contributed by atoms with van der Waals surface area (Å²) in [4.78, 5) is 12.3. The van der Waals surface area contributed by atoms with E-state index < -0.39 is 0 Å². The molecule has 1 N–H and O–H groups in total. The van der Waals surface area contributed by atoms with Gasteiger partial charge in [-0.25, -0.2) is 0 Å². The summed E-state index contributed by atoms with van der Waals surface area (Å²) in [5.41, 5.74) is 1.14. The van der Waals surface area contributed by atoms with Crippen molar-refractivity contribution in [1.29, 1.82) is 0 Å². The van der Waals surface area contributed by atoms with Gasteiger partial charge in [-0.15, -0.1) is 10.2 Å². The van der Waals surface area contributed by atoms with Crippen LogP contribution in [-0.4, -0.2) is 16.1 Å². The van der Waals surface area contributed by atoms with Crippen molar-refractivity contribution in [3.05, 3.63) is 32.6 Å². The van der Waals surface area contributed by atoms with Gasteiger partial charge in [0, 0.05) is 12.0 Å². The monoisotopic (exact) mass is 325 g/mol. The minimum atomic E-state index is -0.244. The van der Waals surface area contributed by atoms with E-state index in [1.54, 1.807) is 0 Å². The summed E-state index contributed by atoms with van der Waals surface area (Å²) in [5, 5.41) is 10.7. The summed E-state index contributed by atoms with van der Waals surface area (Å²) in [5.74, 6) is 1.59. The van der Waals surface area contributed by atoms with Gasteiger partial charge in [0.25, 0.3) is 5.91 Å². The van der Waals surface area contributed by atoms with Gasteiger partial charge in [0.2, 0.25) is 9.47 Å². The van der Waals surface area contributed by atoms with E-state index in [1.807, 2.05) is 13.0 Å². The maximum atomic E-state index is 12.3. The SMILES string of the molecule is Cc1cc2c(o1)CC(C)(C)CC2NC(=O)c1nnc(Cl)s1. The van der Waals surface area contributed by atoms with Crippen LogP contribution >= 0.6 is 22.9 Å². The van der Waals surface area contributed by atoms with Crippen LogP contribution in [0.2, 0.25) is 4.47 Å². The fourth-order valence-corrected chi connectivity index (χ4v) is 3.56. The number of hydrogen-bond acceptors (Lipinski definition) is 5. The molecule has 0 bridgehead atoms. The number of amides is 1. The number of hydrogen-bond donors (Lipinski definition) is 1. The fraction of sp³-hybridized carbons (Fsp3) is 0.500. The van der Waals surface area contributed by atoms with Gasteiger partial charge in [-0.1, -0.05) is 25.2 Å². The van der Waals surface area contributed by atoms with E-state index in [9.17, 15) is 4.79 Å². The molecular formula is C14H16ClN3O2S. The average molecular weight is 326 g/mol. The third kappa shape index (κ3) is 2.96. The van der Waals surface area contributed by atoms with Gasteiger partial charge in [-0.05, 0) is 36.4 Å². The Morgan fingerprint density at radius 1 is 1.52 bits per heavy atom. The molecule has 0 saturated heterocycles. The first-order valence-corrected chi connectivity index (χ1v) is 7.92. The normalized spacial score (nSPS) is 20.1. The first-order chi connectivity index (χ1) is 9.84. The molecule has 5 nitrogen and oxygen atoms in total. The average Bonchev–Trinajstić information content (AvgIpc) is 2.93. The second-order valence-electron chi connectivity index (χ2n) is 6.17. The lowest BCUT2D eigenvalue weighted by atomic mass is 9.74. The lowest BCUT2D eigenvalue weighted by molar-refractivity contribution is 0.0916. The molecule has 1 aliphatic carbocycles. The fourth-order valence-electron chi connectivity index (χ4n) is 2.83. The first-order valence-electron chi connectivity index (χ1n) is 6.73. The molecule has 21 heavy (non-hydrogen) atoms. The minimum Gasteiger partial charge on any atom is -0.466 e. The van der Waals surface area contributed by atoms with E-state index in [1.165, 1.54) is 0 Å². The number of halogens is 1. The highest BCUT2D eigenvalue weighted by atomic mass is 35.5. The summed E-state index contributed by atoms with van der Waals surface area (Å²) < 4.78 is 6.03. The van der Waals surface area contributed by atoms with Gasteiger partial charge in [0.1, 0.15) is 11.5 Å². The lowest BCUT2D eigenvalue weighted by Gasteiger charge is -2.34. The Balaban J connectivity index is 1.86. The molecule has 2 heterocycles. The van der Waals surface area contributed by atoms with Crippen LogP contribution < -0.4 is 5.32 Å². The third-order valence-electron chi connectivity index (χ3n) is 3.64. The van der Waals surface area contributed by atoms with E-state index in [4.69, 9.17) is 16.0 Å². The standard InChI is InChI=1S/C14H16ClN3O2S/c1-7-4-8-9(5-14(2,3)6-10(8)20-7)16-11(19)12-17-18-13(15)21-12/h4,9H,5-6H2,1-3H3,(H,16,19). The van der Waals surface area contributed by atoms with Crippen molar-refractivity contribution in [2.24, 2.45) is 5.41 Å². The number of aromatic nitrogens is 2. The molecule has 0 saturated carbocycles. The number of nitrogens with zero attached hydrogens (tertiary/aromatic N) is 2. The van der Waals surface area contributed by atoms with Crippen LogP contribution in [0.25, 0.3) is 0 Å². The van der Waals surface area contributed by atoms with Crippen LogP contribution in [0.5, 0.6) is 0 Å². The molecule has 112 valence electrons. The van der Waals surface area contributed by atoms with Crippen LogP contribution in [0.4, 0.5) is 0 Å². The Kier molecular flexibility index (Phi) is 3.53. The molecule has 1 amide bonds. The molecule has 3 rings (SSSR count). The number of carbonyl (C=O) groups excluding carboxylic acids is 1. The van der Waals surface area contributed by atoms with E-state index >= 15 is 0 Å². The van der Waals surface area contributed by atoms with Gasteiger partial charge < -0.3 is 9.73 Å². The molecular weight excluding hydrogens is 310 g/mol. The highest BCUT2D eigenvalue weighted by Gasteiger charge is 2.36. The number of furan rings is 1. The predicted molar refractivity (Wildman–Crippen MR) is 80.7 cm³/mol. The van der Waals surface area contributed by atoms with Crippen molar-refractivity contribution < 1.29 is 9.21 Å². The number of rotatable bonds is 2. The van der Waals surface area contributed by atoms with Crippen molar-refractivity contribution in [3.63, 3.8) is 0 Å². The van der Waals surface area contributed by atoms with Crippen LogP contribution in [0.3, 0.4) is 0 Å². The largest absolute Gasteiger partial charge is 0.466 e. The van der Waals surface area contributed by atoms with Crippen LogP contribution in [0.1, 0.15) is 53.2 Å². The summed E-state index contributed by atoms with van der Waals surface area (Å²) >= 11 is 6.81. The van der Waals surface area contributed by atoms with Gasteiger partial charge in [-0.2, -0.15) is 0 Å². The number of nitrogens with one attached hydrogen (secondary N) is 1. The van der Waals surface area contributed by atoms with Gasteiger partial charge in [0.15, 0.2) is 0 Å². The molecule has 0 radical (unpaired) electrons. The van der Waals surface area contributed by atoms with Crippen LogP contribution in [0, 0.1) is 12.3 Å². The highest BCUT2D eigenvalue weighted by Crippen LogP contribution is 2.42. The zero-order valence-electron chi connectivity index (χ0n) is 12.1.